The van der Waals surface area contributed by atoms with Gasteiger partial charge in [0, 0.05) is 13.0 Å². The summed E-state index contributed by atoms with van der Waals surface area (Å²) < 4.78 is 5.06. The molecule has 0 aliphatic carbocycles. The Morgan fingerprint density at radius 3 is 2.65 bits per heavy atom. The van der Waals surface area contributed by atoms with Crippen molar-refractivity contribution < 1.29 is 24.2 Å². The highest BCUT2D eigenvalue weighted by Crippen LogP contribution is 2.07. The molecule has 0 saturated heterocycles. The number of aliphatic hydroxyl groups excluding tert-OH is 1. The molecule has 94 valence electrons. The number of hydrogen-bond acceptors (Lipinski definition) is 5. The summed E-state index contributed by atoms with van der Waals surface area (Å²) in [6, 6.07) is 1.81. The molecule has 1 aromatic heterocycles. The number of nitrogens with one attached hydrogen (secondary N) is 1. The maximum atomic E-state index is 11.6. The lowest BCUT2D eigenvalue weighted by Gasteiger charge is -2.11. The smallest absolute Gasteiger partial charge is 0.326 e. The second-order valence-electron chi connectivity index (χ2n) is 3.35. The summed E-state index contributed by atoms with van der Waals surface area (Å²) in [5.41, 5.74) is 5.31. The van der Waals surface area contributed by atoms with E-state index in [9.17, 15) is 9.59 Å². The van der Waals surface area contributed by atoms with Gasteiger partial charge in [0.25, 0.3) is 5.91 Å². The molecule has 0 spiro atoms. The Bertz CT molecular complexity index is 401. The molecular formula is C10H14N2O5. The normalized spacial score (nSPS) is 12.1. The predicted molar refractivity (Wildman–Crippen MR) is 57.2 cm³/mol. The van der Waals surface area contributed by atoms with E-state index in [4.69, 9.17) is 20.4 Å². The molecule has 0 saturated carbocycles. The highest BCUT2D eigenvalue weighted by molar-refractivity contribution is 5.94. The second-order valence-corrected chi connectivity index (χ2v) is 3.35. The van der Waals surface area contributed by atoms with E-state index in [0.29, 0.717) is 5.76 Å². The van der Waals surface area contributed by atoms with Gasteiger partial charge in [-0.1, -0.05) is 0 Å². The first-order valence-electron chi connectivity index (χ1n) is 5.01. The Morgan fingerprint density at radius 2 is 2.18 bits per heavy atom. The number of carbonyl (C=O) groups is 2. The fraction of sp³-hybridized carbons (Fsp3) is 0.400. The maximum absolute atomic E-state index is 11.6. The molecule has 17 heavy (non-hydrogen) atoms. The number of aliphatic hydroxyl groups is 1. The van der Waals surface area contributed by atoms with Crippen molar-refractivity contribution in [2.75, 3.05) is 6.61 Å². The number of amides is 1. The van der Waals surface area contributed by atoms with Gasteiger partial charge in [0.05, 0.1) is 6.54 Å². The summed E-state index contributed by atoms with van der Waals surface area (Å²) in [6.45, 7) is -0.171. The van der Waals surface area contributed by atoms with Crippen molar-refractivity contribution in [2.45, 2.75) is 19.0 Å². The molecular weight excluding hydrogens is 228 g/mol. The largest absolute Gasteiger partial charge is 0.480 e. The lowest BCUT2D eigenvalue weighted by Crippen LogP contribution is -2.41. The maximum Gasteiger partial charge on any atom is 0.326 e. The van der Waals surface area contributed by atoms with Crippen LogP contribution in [0.4, 0.5) is 0 Å². The van der Waals surface area contributed by atoms with Crippen molar-refractivity contribution in [3.63, 3.8) is 0 Å². The molecule has 0 bridgehead atoms. The Morgan fingerprint density at radius 1 is 1.47 bits per heavy atom. The Hall–Kier alpha value is -1.86. The summed E-state index contributed by atoms with van der Waals surface area (Å²) >= 11 is 0. The third kappa shape index (κ3) is 3.58. The SMILES string of the molecule is NCc1ccc(C(=O)NC(CCO)C(=O)O)o1. The quantitative estimate of drug-likeness (QED) is 0.522. The first kappa shape index (κ1) is 13.2. The summed E-state index contributed by atoms with van der Waals surface area (Å²) in [5.74, 6) is -1.43. The zero-order valence-corrected chi connectivity index (χ0v) is 9.05. The molecule has 1 amide bonds. The Kier molecular flexibility index (Phi) is 4.68. The molecule has 0 aromatic carbocycles. The van der Waals surface area contributed by atoms with Gasteiger partial charge in [0.15, 0.2) is 5.76 Å². The number of carbonyl (C=O) groups excluding carboxylic acids is 1. The van der Waals surface area contributed by atoms with Crippen LogP contribution in [-0.2, 0) is 11.3 Å². The van der Waals surface area contributed by atoms with Crippen molar-refractivity contribution in [3.8, 4) is 0 Å². The van der Waals surface area contributed by atoms with Crippen LogP contribution in [0.1, 0.15) is 22.7 Å². The van der Waals surface area contributed by atoms with Gasteiger partial charge in [-0.25, -0.2) is 4.79 Å². The highest BCUT2D eigenvalue weighted by atomic mass is 16.4. The summed E-state index contributed by atoms with van der Waals surface area (Å²) in [5, 5.41) is 19.7. The molecule has 0 fully saturated rings. The van der Waals surface area contributed by atoms with E-state index in [0.717, 1.165) is 0 Å². The van der Waals surface area contributed by atoms with E-state index < -0.39 is 17.9 Å². The zero-order chi connectivity index (χ0) is 12.8. The number of rotatable bonds is 6. The minimum atomic E-state index is -1.21. The molecule has 1 atom stereocenters. The number of hydrogen-bond donors (Lipinski definition) is 4. The lowest BCUT2D eigenvalue weighted by atomic mass is 10.2. The number of aliphatic carboxylic acids is 1. The number of carboxylic acid groups (broad SMARTS) is 1. The van der Waals surface area contributed by atoms with Crippen LogP contribution in [0, 0.1) is 0 Å². The van der Waals surface area contributed by atoms with Gasteiger partial charge in [-0.05, 0) is 12.1 Å². The fourth-order valence-electron chi connectivity index (χ4n) is 1.23. The van der Waals surface area contributed by atoms with Gasteiger partial charge < -0.3 is 25.7 Å². The van der Waals surface area contributed by atoms with Crippen LogP contribution >= 0.6 is 0 Å². The summed E-state index contributed by atoms with van der Waals surface area (Å²) in [7, 11) is 0. The van der Waals surface area contributed by atoms with Gasteiger partial charge >= 0.3 is 5.97 Å². The van der Waals surface area contributed by atoms with Gasteiger partial charge in [0.1, 0.15) is 11.8 Å². The average Bonchev–Trinajstić information content (AvgIpc) is 2.76. The van der Waals surface area contributed by atoms with Gasteiger partial charge in [-0.3, -0.25) is 4.79 Å². The molecule has 1 rings (SSSR count). The number of nitrogens with two attached hydrogens (primary N) is 1. The first-order chi connectivity index (χ1) is 8.08. The van der Waals surface area contributed by atoms with Crippen LogP contribution in [0.5, 0.6) is 0 Å². The average molecular weight is 242 g/mol. The molecule has 0 radical (unpaired) electrons. The molecule has 7 heteroatoms. The van der Waals surface area contributed by atoms with E-state index in [-0.39, 0.29) is 25.3 Å². The van der Waals surface area contributed by atoms with Crippen molar-refractivity contribution in [3.05, 3.63) is 23.7 Å². The minimum Gasteiger partial charge on any atom is -0.480 e. The van der Waals surface area contributed by atoms with Crippen molar-refractivity contribution >= 4 is 11.9 Å². The number of furan rings is 1. The van der Waals surface area contributed by atoms with Crippen LogP contribution in [0.3, 0.4) is 0 Å². The van der Waals surface area contributed by atoms with E-state index in [1.165, 1.54) is 12.1 Å². The van der Waals surface area contributed by atoms with Crippen LogP contribution in [0.2, 0.25) is 0 Å². The first-order valence-corrected chi connectivity index (χ1v) is 5.01. The molecule has 7 nitrogen and oxygen atoms in total. The molecule has 0 aliphatic rings. The van der Waals surface area contributed by atoms with Crippen molar-refractivity contribution in [1.82, 2.24) is 5.32 Å². The van der Waals surface area contributed by atoms with Crippen LogP contribution in [-0.4, -0.2) is 34.7 Å². The topological polar surface area (TPSA) is 126 Å². The molecule has 1 heterocycles. The van der Waals surface area contributed by atoms with E-state index >= 15 is 0 Å². The van der Waals surface area contributed by atoms with Gasteiger partial charge in [-0.2, -0.15) is 0 Å². The van der Waals surface area contributed by atoms with Gasteiger partial charge in [-0.15, -0.1) is 0 Å². The minimum absolute atomic E-state index is 0.00496. The third-order valence-electron chi connectivity index (χ3n) is 2.11. The fourth-order valence-corrected chi connectivity index (χ4v) is 1.23. The van der Waals surface area contributed by atoms with Crippen molar-refractivity contribution in [1.29, 1.82) is 0 Å². The van der Waals surface area contributed by atoms with Crippen molar-refractivity contribution in [2.24, 2.45) is 5.73 Å². The van der Waals surface area contributed by atoms with Gasteiger partial charge in [0.2, 0.25) is 0 Å². The number of carboxylic acids is 1. The molecule has 1 aromatic rings. The highest BCUT2D eigenvalue weighted by Gasteiger charge is 2.21. The Labute approximate surface area is 97.2 Å². The zero-order valence-electron chi connectivity index (χ0n) is 9.05. The summed E-state index contributed by atoms with van der Waals surface area (Å²) in [6.07, 6.45) is -0.0640. The summed E-state index contributed by atoms with van der Waals surface area (Å²) in [4.78, 5) is 22.3. The molecule has 1 unspecified atom stereocenters. The van der Waals surface area contributed by atoms with E-state index in [2.05, 4.69) is 5.32 Å². The van der Waals surface area contributed by atoms with Crippen LogP contribution in [0.25, 0.3) is 0 Å². The molecule has 0 aliphatic heterocycles. The van der Waals surface area contributed by atoms with E-state index in [1.54, 1.807) is 0 Å². The van der Waals surface area contributed by atoms with Crippen LogP contribution in [0.15, 0.2) is 16.5 Å². The lowest BCUT2D eigenvalue weighted by molar-refractivity contribution is -0.139. The molecule has 5 N–H and O–H groups in total. The van der Waals surface area contributed by atoms with Crippen LogP contribution < -0.4 is 11.1 Å². The monoisotopic (exact) mass is 242 g/mol. The van der Waals surface area contributed by atoms with E-state index in [1.807, 2.05) is 0 Å². The predicted octanol–water partition coefficient (Wildman–Crippen LogP) is -0.696. The second kappa shape index (κ2) is 6.02. The Balaban J connectivity index is 2.66. The third-order valence-corrected chi connectivity index (χ3v) is 2.11. The standard InChI is InChI=1S/C10H14N2O5/c11-5-6-1-2-8(17-6)9(14)12-7(3-4-13)10(15)16/h1-2,7,13H,3-5,11H2,(H,12,14)(H,15,16).